The lowest BCUT2D eigenvalue weighted by Crippen LogP contribution is -2.59. The highest BCUT2D eigenvalue weighted by Crippen LogP contribution is 2.45. The Kier molecular flexibility index (Phi) is 4.33. The van der Waals surface area contributed by atoms with Gasteiger partial charge in [0, 0.05) is 35.0 Å². The van der Waals surface area contributed by atoms with E-state index in [9.17, 15) is 27.2 Å². The SMILES string of the molecule is O=C1Nc2cc(Cn3cnccc3=O)c(F)cc2[C@@](C#CC2CC2)(C(F)(F)F)N1. The van der Waals surface area contributed by atoms with Crippen LogP contribution in [0.3, 0.4) is 0 Å². The number of nitrogens with zero attached hydrogens (tertiary/aromatic N) is 2. The molecule has 6 nitrogen and oxygen atoms in total. The molecule has 2 N–H and O–H groups in total. The number of amides is 2. The Labute approximate surface area is 161 Å². The summed E-state index contributed by atoms with van der Waals surface area (Å²) in [5.74, 6) is 3.56. The summed E-state index contributed by atoms with van der Waals surface area (Å²) in [7, 11) is 0. The van der Waals surface area contributed by atoms with Crippen molar-refractivity contribution in [3.8, 4) is 11.8 Å². The third-order valence-electron chi connectivity index (χ3n) is 4.74. The van der Waals surface area contributed by atoms with E-state index in [1.54, 1.807) is 0 Å². The number of aromatic nitrogens is 2. The van der Waals surface area contributed by atoms with Crippen molar-refractivity contribution in [2.75, 3.05) is 5.32 Å². The van der Waals surface area contributed by atoms with Gasteiger partial charge in [-0.1, -0.05) is 11.8 Å². The van der Waals surface area contributed by atoms with Crippen molar-refractivity contribution in [2.24, 2.45) is 5.92 Å². The Hall–Kier alpha value is -3.35. The Morgan fingerprint density at radius 3 is 2.69 bits per heavy atom. The Morgan fingerprint density at radius 2 is 2.03 bits per heavy atom. The summed E-state index contributed by atoms with van der Waals surface area (Å²) in [4.78, 5) is 27.6. The van der Waals surface area contributed by atoms with Crippen molar-refractivity contribution in [2.45, 2.75) is 31.1 Å². The fourth-order valence-corrected chi connectivity index (χ4v) is 3.06. The molecule has 1 atom stereocenters. The van der Waals surface area contributed by atoms with Gasteiger partial charge in [0.05, 0.1) is 12.9 Å². The summed E-state index contributed by atoms with van der Waals surface area (Å²) in [5.41, 5.74) is -4.30. The molecular weight excluding hydrogens is 392 g/mol. The average Bonchev–Trinajstić information content (AvgIpc) is 3.46. The van der Waals surface area contributed by atoms with E-state index in [4.69, 9.17) is 0 Å². The zero-order valence-corrected chi connectivity index (χ0v) is 14.8. The molecule has 1 aliphatic carbocycles. The third-order valence-corrected chi connectivity index (χ3v) is 4.74. The second kappa shape index (κ2) is 6.62. The maximum atomic E-state index is 14.7. The molecular formula is C19H14F4N4O2. The van der Waals surface area contributed by atoms with Crippen molar-refractivity contribution in [3.05, 3.63) is 58.0 Å². The molecule has 29 heavy (non-hydrogen) atoms. The zero-order valence-electron chi connectivity index (χ0n) is 14.8. The second-order valence-electron chi connectivity index (χ2n) is 6.91. The van der Waals surface area contributed by atoms with E-state index < -0.39 is 34.7 Å². The molecule has 1 saturated carbocycles. The third kappa shape index (κ3) is 3.44. The van der Waals surface area contributed by atoms with Crippen LogP contribution in [0.25, 0.3) is 0 Å². The number of hydrogen-bond acceptors (Lipinski definition) is 3. The first-order valence-electron chi connectivity index (χ1n) is 8.71. The van der Waals surface area contributed by atoms with Gasteiger partial charge in [-0.15, -0.1) is 0 Å². The maximum absolute atomic E-state index is 14.7. The minimum atomic E-state index is -4.98. The average molecular weight is 406 g/mol. The lowest BCUT2D eigenvalue weighted by Gasteiger charge is -2.37. The topological polar surface area (TPSA) is 76.0 Å². The van der Waals surface area contributed by atoms with Gasteiger partial charge < -0.3 is 10.6 Å². The predicted octanol–water partition coefficient (Wildman–Crippen LogP) is 2.74. The van der Waals surface area contributed by atoms with Crippen molar-refractivity contribution in [1.29, 1.82) is 0 Å². The lowest BCUT2D eigenvalue weighted by molar-refractivity contribution is -0.178. The van der Waals surface area contributed by atoms with Crippen LogP contribution in [-0.4, -0.2) is 21.8 Å². The molecule has 1 aliphatic heterocycles. The minimum Gasteiger partial charge on any atom is -0.310 e. The second-order valence-corrected chi connectivity index (χ2v) is 6.91. The van der Waals surface area contributed by atoms with Crippen LogP contribution in [0.4, 0.5) is 28.0 Å². The number of fused-ring (bicyclic) bond motifs is 1. The van der Waals surface area contributed by atoms with Gasteiger partial charge in [0.15, 0.2) is 0 Å². The summed E-state index contributed by atoms with van der Waals surface area (Å²) in [6.07, 6.45) is -1.15. The number of urea groups is 1. The highest BCUT2D eigenvalue weighted by Gasteiger charge is 2.59. The molecule has 4 rings (SSSR count). The van der Waals surface area contributed by atoms with E-state index in [2.05, 4.69) is 22.1 Å². The quantitative estimate of drug-likeness (QED) is 0.595. The van der Waals surface area contributed by atoms with Crippen LogP contribution < -0.4 is 16.2 Å². The van der Waals surface area contributed by atoms with Crippen molar-refractivity contribution < 1.29 is 22.4 Å². The summed E-state index contributed by atoms with van der Waals surface area (Å²) < 4.78 is 57.9. The van der Waals surface area contributed by atoms with Crippen LogP contribution >= 0.6 is 0 Å². The molecule has 10 heteroatoms. The van der Waals surface area contributed by atoms with E-state index in [1.807, 2.05) is 5.32 Å². The number of rotatable bonds is 2. The van der Waals surface area contributed by atoms with Crippen LogP contribution in [0.15, 0.2) is 35.5 Å². The number of alkyl halides is 3. The van der Waals surface area contributed by atoms with Gasteiger partial charge in [0.25, 0.3) is 5.56 Å². The van der Waals surface area contributed by atoms with Gasteiger partial charge in [0.1, 0.15) is 5.82 Å². The first kappa shape index (κ1) is 19.0. The van der Waals surface area contributed by atoms with E-state index in [-0.39, 0.29) is 23.7 Å². The van der Waals surface area contributed by atoms with Crippen LogP contribution in [0.2, 0.25) is 0 Å². The molecule has 1 fully saturated rings. The fourth-order valence-electron chi connectivity index (χ4n) is 3.06. The standard InChI is InChI=1S/C19H14F4N4O2/c20-14-8-13-15(7-12(14)9-27-10-24-6-4-16(27)28)25-17(29)26-18(13,19(21,22)23)5-3-11-1-2-11/h4,6-8,10-11H,1-2,9H2,(H2,25,26,29)/t18-/m0/s1. The van der Waals surface area contributed by atoms with Gasteiger partial charge in [0.2, 0.25) is 5.54 Å². The number of carbonyl (C=O) groups excluding carboxylic acids is 1. The normalized spacial score (nSPS) is 20.8. The zero-order chi connectivity index (χ0) is 20.8. The Balaban J connectivity index is 1.84. The predicted molar refractivity (Wildman–Crippen MR) is 94.4 cm³/mol. The summed E-state index contributed by atoms with van der Waals surface area (Å²) in [6, 6.07) is 1.86. The van der Waals surface area contributed by atoms with Crippen molar-refractivity contribution in [3.63, 3.8) is 0 Å². The van der Waals surface area contributed by atoms with Crippen LogP contribution in [0, 0.1) is 23.6 Å². The largest absolute Gasteiger partial charge is 0.427 e. The number of carbonyl (C=O) groups is 1. The molecule has 0 saturated heterocycles. The van der Waals surface area contributed by atoms with Gasteiger partial charge in [-0.05, 0) is 25.0 Å². The highest BCUT2D eigenvalue weighted by atomic mass is 19.4. The molecule has 2 heterocycles. The van der Waals surface area contributed by atoms with Crippen LogP contribution in [0.5, 0.6) is 0 Å². The summed E-state index contributed by atoms with van der Waals surface area (Å²) >= 11 is 0. The van der Waals surface area contributed by atoms with Crippen LogP contribution in [0.1, 0.15) is 24.0 Å². The summed E-state index contributed by atoms with van der Waals surface area (Å²) in [5, 5.41) is 4.10. The lowest BCUT2D eigenvalue weighted by atomic mass is 9.85. The van der Waals surface area contributed by atoms with Crippen LogP contribution in [-0.2, 0) is 12.1 Å². The molecule has 0 bridgehead atoms. The number of benzene rings is 1. The fraction of sp³-hybridized carbons (Fsp3) is 0.316. The van der Waals surface area contributed by atoms with Gasteiger partial charge in [-0.2, -0.15) is 13.2 Å². The van der Waals surface area contributed by atoms with Crippen molar-refractivity contribution >= 4 is 11.7 Å². The molecule has 2 aliphatic rings. The molecule has 1 aromatic carbocycles. The number of nitrogens with one attached hydrogen (secondary N) is 2. The molecule has 1 aromatic heterocycles. The molecule has 2 amide bonds. The molecule has 0 unspecified atom stereocenters. The molecule has 0 radical (unpaired) electrons. The first-order valence-corrected chi connectivity index (χ1v) is 8.71. The van der Waals surface area contributed by atoms with Crippen molar-refractivity contribution in [1.82, 2.24) is 14.9 Å². The molecule has 0 spiro atoms. The number of hydrogen-bond donors (Lipinski definition) is 2. The van der Waals surface area contributed by atoms with E-state index >= 15 is 0 Å². The maximum Gasteiger partial charge on any atom is 0.427 e. The minimum absolute atomic E-state index is 0.0766. The highest BCUT2D eigenvalue weighted by molar-refractivity contribution is 5.95. The Bertz CT molecular complexity index is 1110. The van der Waals surface area contributed by atoms with E-state index in [1.165, 1.54) is 18.6 Å². The smallest absolute Gasteiger partial charge is 0.310 e. The number of halogens is 4. The Morgan fingerprint density at radius 1 is 1.28 bits per heavy atom. The van der Waals surface area contributed by atoms with Gasteiger partial charge in [-0.3, -0.25) is 9.36 Å². The van der Waals surface area contributed by atoms with Gasteiger partial charge in [-0.25, -0.2) is 14.2 Å². The molecule has 2 aromatic rings. The number of anilines is 1. The molecule has 150 valence electrons. The summed E-state index contributed by atoms with van der Waals surface area (Å²) in [6.45, 7) is -0.262. The monoisotopic (exact) mass is 406 g/mol. The van der Waals surface area contributed by atoms with Gasteiger partial charge >= 0.3 is 12.2 Å². The van der Waals surface area contributed by atoms with E-state index in [0.29, 0.717) is 18.9 Å². The van der Waals surface area contributed by atoms with E-state index in [0.717, 1.165) is 10.6 Å². The first-order chi connectivity index (χ1) is 13.7.